The van der Waals surface area contributed by atoms with E-state index in [-0.39, 0.29) is 16.8 Å². The zero-order valence-corrected chi connectivity index (χ0v) is 17.8. The maximum atomic E-state index is 13.0. The number of halogens is 1. The van der Waals surface area contributed by atoms with Gasteiger partial charge in [0.1, 0.15) is 6.04 Å². The monoisotopic (exact) mass is 425 g/mol. The Hall–Kier alpha value is -1.83. The van der Waals surface area contributed by atoms with E-state index in [1.54, 1.807) is 43.5 Å². The van der Waals surface area contributed by atoms with Crippen LogP contribution < -0.4 is 4.90 Å². The van der Waals surface area contributed by atoms with E-state index in [9.17, 15) is 14.4 Å². The van der Waals surface area contributed by atoms with Crippen molar-refractivity contribution in [3.05, 3.63) is 50.7 Å². The largest absolute Gasteiger partial charge is 0.467 e. The molecule has 0 radical (unpaired) electrons. The molecule has 8 heteroatoms. The molecule has 27 heavy (non-hydrogen) atoms. The second kappa shape index (κ2) is 9.39. The topological polar surface area (TPSA) is 63.7 Å². The van der Waals surface area contributed by atoms with E-state index in [0.29, 0.717) is 21.2 Å². The first kappa shape index (κ1) is 21.5. The number of ether oxygens (including phenoxy) is 1. The molecule has 0 aliphatic rings. The number of methoxy groups -OCH3 is 1. The van der Waals surface area contributed by atoms with Crippen molar-refractivity contribution < 1.29 is 19.1 Å². The Morgan fingerprint density at radius 2 is 1.96 bits per heavy atom. The van der Waals surface area contributed by atoms with Gasteiger partial charge in [0.05, 0.1) is 23.4 Å². The number of hydrogen-bond donors (Lipinski definition) is 0. The number of rotatable bonds is 6. The summed E-state index contributed by atoms with van der Waals surface area (Å²) < 4.78 is 4.82. The maximum absolute atomic E-state index is 13.0. The summed E-state index contributed by atoms with van der Waals surface area (Å²) in [7, 11) is 1.27. The minimum absolute atomic E-state index is 0.0938. The molecule has 2 aromatic rings. The fraction of sp³-hybridized carbons (Fsp3) is 0.316. The SMILES string of the molecule is COC(=O)[C@H](C)N(C(=O)CSC(=O)c1cccs1)c1c(C)ccc(Cl)c1C. The maximum Gasteiger partial charge on any atom is 0.328 e. The van der Waals surface area contributed by atoms with Crippen LogP contribution >= 0.6 is 34.7 Å². The zero-order valence-electron chi connectivity index (χ0n) is 15.4. The van der Waals surface area contributed by atoms with Crippen molar-refractivity contribution in [2.24, 2.45) is 0 Å². The van der Waals surface area contributed by atoms with Gasteiger partial charge in [0.25, 0.3) is 0 Å². The van der Waals surface area contributed by atoms with E-state index in [1.165, 1.54) is 23.3 Å². The van der Waals surface area contributed by atoms with Gasteiger partial charge in [-0.1, -0.05) is 35.5 Å². The van der Waals surface area contributed by atoms with Crippen molar-refractivity contribution in [3.63, 3.8) is 0 Å². The van der Waals surface area contributed by atoms with E-state index < -0.39 is 12.0 Å². The molecule has 1 amide bonds. The van der Waals surface area contributed by atoms with Crippen molar-refractivity contribution in [2.75, 3.05) is 17.8 Å². The Bertz CT molecular complexity index is 852. The lowest BCUT2D eigenvalue weighted by Gasteiger charge is -2.30. The highest BCUT2D eigenvalue weighted by Gasteiger charge is 2.31. The van der Waals surface area contributed by atoms with E-state index in [0.717, 1.165) is 17.3 Å². The Labute approximate surface area is 171 Å². The van der Waals surface area contributed by atoms with Crippen LogP contribution in [0, 0.1) is 13.8 Å². The number of thioether (sulfide) groups is 1. The third kappa shape index (κ3) is 4.91. The summed E-state index contributed by atoms with van der Waals surface area (Å²) in [6.07, 6.45) is 0. The highest BCUT2D eigenvalue weighted by Crippen LogP contribution is 2.32. The number of esters is 1. The zero-order chi connectivity index (χ0) is 20.1. The molecule has 1 aromatic carbocycles. The average molecular weight is 426 g/mol. The molecule has 0 N–H and O–H groups in total. The molecular weight excluding hydrogens is 406 g/mol. The van der Waals surface area contributed by atoms with Gasteiger partial charge in [0.15, 0.2) is 0 Å². The van der Waals surface area contributed by atoms with Crippen LogP contribution in [0.2, 0.25) is 5.02 Å². The number of thiophene rings is 1. The lowest BCUT2D eigenvalue weighted by Crippen LogP contribution is -2.45. The third-order valence-electron chi connectivity index (χ3n) is 4.05. The van der Waals surface area contributed by atoms with Crippen LogP contribution in [0.4, 0.5) is 5.69 Å². The fourth-order valence-electron chi connectivity index (χ4n) is 2.65. The molecule has 1 heterocycles. The molecule has 1 atom stereocenters. The Morgan fingerprint density at radius 3 is 2.56 bits per heavy atom. The van der Waals surface area contributed by atoms with Crippen LogP contribution in [0.3, 0.4) is 0 Å². The first-order valence-corrected chi connectivity index (χ1v) is 10.4. The van der Waals surface area contributed by atoms with Gasteiger partial charge < -0.3 is 4.74 Å². The van der Waals surface area contributed by atoms with Gasteiger partial charge in [-0.05, 0) is 49.4 Å². The number of hydrogen-bond acceptors (Lipinski definition) is 6. The van der Waals surface area contributed by atoms with Crippen LogP contribution in [-0.2, 0) is 14.3 Å². The number of anilines is 1. The van der Waals surface area contributed by atoms with Gasteiger partial charge in [-0.3, -0.25) is 14.5 Å². The molecule has 0 saturated heterocycles. The van der Waals surface area contributed by atoms with Gasteiger partial charge in [0, 0.05) is 5.02 Å². The van der Waals surface area contributed by atoms with E-state index >= 15 is 0 Å². The van der Waals surface area contributed by atoms with Gasteiger partial charge in [0.2, 0.25) is 11.0 Å². The first-order chi connectivity index (χ1) is 12.8. The minimum atomic E-state index is -0.851. The van der Waals surface area contributed by atoms with Crippen molar-refractivity contribution in [1.82, 2.24) is 0 Å². The van der Waals surface area contributed by atoms with Gasteiger partial charge in [-0.25, -0.2) is 4.79 Å². The standard InChI is InChI=1S/C19H20ClNO4S2/c1-11-7-8-14(20)12(2)17(11)21(13(3)18(23)25-4)16(22)10-27-19(24)15-6-5-9-26-15/h5-9,13H,10H2,1-4H3/t13-/m0/s1. The Balaban J connectivity index is 2.33. The molecule has 0 aliphatic heterocycles. The molecule has 144 valence electrons. The van der Waals surface area contributed by atoms with Crippen LogP contribution in [0.5, 0.6) is 0 Å². The van der Waals surface area contributed by atoms with Crippen LogP contribution in [-0.4, -0.2) is 35.9 Å². The van der Waals surface area contributed by atoms with Crippen molar-refractivity contribution in [3.8, 4) is 0 Å². The third-order valence-corrected chi connectivity index (χ3v) is 6.34. The summed E-state index contributed by atoms with van der Waals surface area (Å²) >= 11 is 8.47. The van der Waals surface area contributed by atoms with E-state index in [4.69, 9.17) is 16.3 Å². The molecule has 0 unspecified atom stereocenters. The van der Waals surface area contributed by atoms with Gasteiger partial charge >= 0.3 is 5.97 Å². The lowest BCUT2D eigenvalue weighted by atomic mass is 10.1. The van der Waals surface area contributed by atoms with Crippen molar-refractivity contribution in [1.29, 1.82) is 0 Å². The molecule has 0 aliphatic carbocycles. The Kier molecular flexibility index (Phi) is 7.47. The summed E-state index contributed by atoms with van der Waals surface area (Å²) in [6, 6.07) is 6.18. The van der Waals surface area contributed by atoms with Gasteiger partial charge in [-0.15, -0.1) is 11.3 Å². The van der Waals surface area contributed by atoms with Gasteiger partial charge in [-0.2, -0.15) is 0 Å². The number of aryl methyl sites for hydroxylation is 1. The second-order valence-electron chi connectivity index (χ2n) is 5.85. The fourth-order valence-corrected chi connectivity index (χ4v) is 4.29. The van der Waals surface area contributed by atoms with Crippen molar-refractivity contribution >= 4 is 57.4 Å². The first-order valence-electron chi connectivity index (χ1n) is 8.14. The van der Waals surface area contributed by atoms with E-state index in [2.05, 4.69) is 0 Å². The normalized spacial score (nSPS) is 11.7. The second-order valence-corrected chi connectivity index (χ2v) is 8.16. The predicted octanol–water partition coefficient (Wildman–Crippen LogP) is 4.49. The number of amides is 1. The minimum Gasteiger partial charge on any atom is -0.467 e. The Morgan fingerprint density at radius 1 is 1.26 bits per heavy atom. The summed E-state index contributed by atoms with van der Waals surface area (Å²) in [5.41, 5.74) is 2.06. The summed E-state index contributed by atoms with van der Waals surface area (Å²) in [5, 5.41) is 2.12. The molecular formula is C19H20ClNO4S2. The quantitative estimate of drug-likeness (QED) is 0.638. The number of nitrogens with zero attached hydrogens (tertiary/aromatic N) is 1. The number of carbonyl (C=O) groups is 3. The lowest BCUT2D eigenvalue weighted by molar-refractivity contribution is -0.142. The summed E-state index contributed by atoms with van der Waals surface area (Å²) in [5.74, 6) is -1.00. The average Bonchev–Trinajstić information content (AvgIpc) is 3.19. The predicted molar refractivity (Wildman–Crippen MR) is 111 cm³/mol. The smallest absolute Gasteiger partial charge is 0.328 e. The van der Waals surface area contributed by atoms with Crippen molar-refractivity contribution in [2.45, 2.75) is 26.8 Å². The van der Waals surface area contributed by atoms with Crippen LogP contribution in [0.1, 0.15) is 27.7 Å². The van der Waals surface area contributed by atoms with E-state index in [1.807, 2.05) is 6.92 Å². The summed E-state index contributed by atoms with van der Waals surface area (Å²) in [4.78, 5) is 39.3. The number of benzene rings is 1. The molecule has 0 saturated carbocycles. The molecule has 1 aromatic heterocycles. The van der Waals surface area contributed by atoms with Crippen LogP contribution in [0.25, 0.3) is 0 Å². The highest BCUT2D eigenvalue weighted by atomic mass is 35.5. The highest BCUT2D eigenvalue weighted by molar-refractivity contribution is 8.14. The number of carbonyl (C=O) groups excluding carboxylic acids is 3. The molecule has 0 bridgehead atoms. The molecule has 5 nitrogen and oxygen atoms in total. The molecule has 0 spiro atoms. The summed E-state index contributed by atoms with van der Waals surface area (Å²) in [6.45, 7) is 5.22. The van der Waals surface area contributed by atoms with Crippen LogP contribution in [0.15, 0.2) is 29.6 Å². The molecule has 0 fully saturated rings. The molecule has 2 rings (SSSR count).